The Morgan fingerprint density at radius 1 is 1.50 bits per heavy atom. The fourth-order valence-electron chi connectivity index (χ4n) is 2.03. The molecule has 1 N–H and O–H groups in total. The molecule has 0 aromatic carbocycles. The van der Waals surface area contributed by atoms with Crippen molar-refractivity contribution >= 4 is 16.7 Å². The SMILES string of the molecule is CCC1NC(C)(CC)C(=O)N1CCS(C)=O. The molecule has 0 saturated carbocycles. The lowest BCUT2D eigenvalue weighted by molar-refractivity contribution is -0.132. The van der Waals surface area contributed by atoms with Crippen molar-refractivity contribution in [2.45, 2.75) is 45.3 Å². The van der Waals surface area contributed by atoms with Crippen molar-refractivity contribution in [1.82, 2.24) is 10.2 Å². The minimum atomic E-state index is -0.842. The molecule has 16 heavy (non-hydrogen) atoms. The average molecular weight is 246 g/mol. The summed E-state index contributed by atoms with van der Waals surface area (Å²) in [6.07, 6.45) is 3.45. The lowest BCUT2D eigenvalue weighted by Gasteiger charge is -2.22. The molecular formula is C11H22N2O2S. The van der Waals surface area contributed by atoms with E-state index in [-0.39, 0.29) is 12.1 Å². The average Bonchev–Trinajstić information content (AvgIpc) is 2.50. The monoisotopic (exact) mass is 246 g/mol. The second kappa shape index (κ2) is 5.27. The van der Waals surface area contributed by atoms with Gasteiger partial charge in [0.05, 0.1) is 11.7 Å². The Hall–Kier alpha value is -0.420. The van der Waals surface area contributed by atoms with Gasteiger partial charge < -0.3 is 4.90 Å². The summed E-state index contributed by atoms with van der Waals surface area (Å²) in [5, 5.41) is 3.37. The van der Waals surface area contributed by atoms with Crippen molar-refractivity contribution in [2.75, 3.05) is 18.6 Å². The first-order valence-electron chi connectivity index (χ1n) is 5.83. The summed E-state index contributed by atoms with van der Waals surface area (Å²) in [6, 6.07) is 0. The lowest BCUT2D eigenvalue weighted by Crippen LogP contribution is -2.43. The van der Waals surface area contributed by atoms with E-state index >= 15 is 0 Å². The van der Waals surface area contributed by atoms with E-state index in [1.807, 2.05) is 18.7 Å². The number of nitrogens with one attached hydrogen (secondary N) is 1. The molecule has 94 valence electrons. The van der Waals surface area contributed by atoms with E-state index in [0.29, 0.717) is 12.3 Å². The molecule has 0 bridgehead atoms. The van der Waals surface area contributed by atoms with Gasteiger partial charge in [-0.1, -0.05) is 13.8 Å². The highest BCUT2D eigenvalue weighted by molar-refractivity contribution is 7.84. The largest absolute Gasteiger partial charge is 0.325 e. The summed E-state index contributed by atoms with van der Waals surface area (Å²) in [7, 11) is -0.842. The third kappa shape index (κ3) is 2.63. The number of amides is 1. The van der Waals surface area contributed by atoms with Gasteiger partial charge in [0.15, 0.2) is 0 Å². The molecule has 1 saturated heterocycles. The number of rotatable bonds is 5. The maximum atomic E-state index is 12.2. The van der Waals surface area contributed by atoms with Gasteiger partial charge in [0.2, 0.25) is 5.91 Å². The molecule has 0 aliphatic carbocycles. The molecule has 3 unspecified atom stereocenters. The Morgan fingerprint density at radius 3 is 2.56 bits per heavy atom. The van der Waals surface area contributed by atoms with Crippen molar-refractivity contribution in [1.29, 1.82) is 0 Å². The van der Waals surface area contributed by atoms with E-state index in [0.717, 1.165) is 12.8 Å². The fourth-order valence-corrected chi connectivity index (χ4v) is 2.48. The van der Waals surface area contributed by atoms with Gasteiger partial charge in [-0.25, -0.2) is 0 Å². The molecule has 0 spiro atoms. The lowest BCUT2D eigenvalue weighted by atomic mass is 9.99. The standard InChI is InChI=1S/C11H22N2O2S/c1-5-9-12-11(3,6-2)10(14)13(9)7-8-16(4)15/h9,12H,5-8H2,1-4H3. The first-order chi connectivity index (χ1) is 7.44. The number of nitrogens with zero attached hydrogens (tertiary/aromatic N) is 1. The van der Waals surface area contributed by atoms with E-state index in [1.54, 1.807) is 6.26 Å². The minimum absolute atomic E-state index is 0.0981. The number of carbonyl (C=O) groups is 1. The quantitative estimate of drug-likeness (QED) is 0.777. The van der Waals surface area contributed by atoms with Crippen LogP contribution in [0, 0.1) is 0 Å². The van der Waals surface area contributed by atoms with Crippen LogP contribution in [0.3, 0.4) is 0 Å². The van der Waals surface area contributed by atoms with Gasteiger partial charge in [-0.05, 0) is 19.8 Å². The first kappa shape index (κ1) is 13.6. The molecule has 5 heteroatoms. The van der Waals surface area contributed by atoms with E-state index < -0.39 is 16.3 Å². The summed E-state index contributed by atoms with van der Waals surface area (Å²) in [4.78, 5) is 14.0. The third-order valence-corrected chi connectivity index (χ3v) is 4.07. The van der Waals surface area contributed by atoms with Crippen molar-refractivity contribution in [3.8, 4) is 0 Å². The molecule has 0 aromatic rings. The van der Waals surface area contributed by atoms with Crippen LogP contribution in [-0.4, -0.2) is 45.3 Å². The highest BCUT2D eigenvalue weighted by Gasteiger charge is 2.45. The van der Waals surface area contributed by atoms with Crippen LogP contribution in [0.5, 0.6) is 0 Å². The van der Waals surface area contributed by atoms with Crippen LogP contribution in [0.1, 0.15) is 33.6 Å². The van der Waals surface area contributed by atoms with Crippen molar-refractivity contribution < 1.29 is 9.00 Å². The summed E-state index contributed by atoms with van der Waals surface area (Å²) < 4.78 is 11.1. The summed E-state index contributed by atoms with van der Waals surface area (Å²) in [6.45, 7) is 6.60. The van der Waals surface area contributed by atoms with E-state index in [2.05, 4.69) is 12.2 Å². The normalized spacial score (nSPS) is 32.1. The molecule has 1 heterocycles. The Kier molecular flexibility index (Phi) is 4.50. The van der Waals surface area contributed by atoms with Gasteiger partial charge in [0.25, 0.3) is 0 Å². The van der Waals surface area contributed by atoms with Gasteiger partial charge in [-0.15, -0.1) is 0 Å². The molecule has 0 aromatic heterocycles. The highest BCUT2D eigenvalue weighted by Crippen LogP contribution is 2.24. The Balaban J connectivity index is 2.74. The number of carbonyl (C=O) groups excluding carboxylic acids is 1. The zero-order valence-electron chi connectivity index (χ0n) is 10.6. The van der Waals surface area contributed by atoms with Crippen LogP contribution in [0.4, 0.5) is 0 Å². The van der Waals surface area contributed by atoms with Gasteiger partial charge in [-0.3, -0.25) is 14.3 Å². The molecule has 1 fully saturated rings. The highest BCUT2D eigenvalue weighted by atomic mass is 32.2. The minimum Gasteiger partial charge on any atom is -0.325 e. The van der Waals surface area contributed by atoms with Crippen LogP contribution in [0.25, 0.3) is 0 Å². The molecular weight excluding hydrogens is 224 g/mol. The summed E-state index contributed by atoms with van der Waals surface area (Å²) >= 11 is 0. The van der Waals surface area contributed by atoms with E-state index in [4.69, 9.17) is 0 Å². The molecule has 0 radical (unpaired) electrons. The van der Waals surface area contributed by atoms with Gasteiger partial charge in [0.1, 0.15) is 0 Å². The third-order valence-electron chi connectivity index (χ3n) is 3.31. The van der Waals surface area contributed by atoms with Crippen molar-refractivity contribution in [3.05, 3.63) is 0 Å². The van der Waals surface area contributed by atoms with Crippen molar-refractivity contribution in [2.24, 2.45) is 0 Å². The fraction of sp³-hybridized carbons (Fsp3) is 0.909. The molecule has 1 amide bonds. The zero-order chi connectivity index (χ0) is 12.3. The first-order valence-corrected chi connectivity index (χ1v) is 7.56. The smallest absolute Gasteiger partial charge is 0.243 e. The maximum Gasteiger partial charge on any atom is 0.243 e. The Labute approximate surface area is 100 Å². The van der Waals surface area contributed by atoms with Gasteiger partial charge in [0, 0.05) is 29.4 Å². The predicted octanol–water partition coefficient (Wildman–Crippen LogP) is 0.702. The van der Waals surface area contributed by atoms with Gasteiger partial charge >= 0.3 is 0 Å². The number of hydrogen-bond acceptors (Lipinski definition) is 3. The van der Waals surface area contributed by atoms with Crippen molar-refractivity contribution in [3.63, 3.8) is 0 Å². The second-order valence-electron chi connectivity index (χ2n) is 4.53. The van der Waals surface area contributed by atoms with Crippen LogP contribution in [0.15, 0.2) is 0 Å². The predicted molar refractivity (Wildman–Crippen MR) is 66.6 cm³/mol. The maximum absolute atomic E-state index is 12.2. The van der Waals surface area contributed by atoms with Crippen LogP contribution < -0.4 is 5.32 Å². The summed E-state index contributed by atoms with van der Waals surface area (Å²) in [5.41, 5.74) is -0.435. The molecule has 1 aliphatic rings. The van der Waals surface area contributed by atoms with Gasteiger partial charge in [-0.2, -0.15) is 0 Å². The zero-order valence-corrected chi connectivity index (χ0v) is 11.4. The molecule has 1 rings (SSSR count). The second-order valence-corrected chi connectivity index (χ2v) is 6.08. The van der Waals surface area contributed by atoms with Crippen LogP contribution in [-0.2, 0) is 15.6 Å². The molecule has 4 nitrogen and oxygen atoms in total. The summed E-state index contributed by atoms with van der Waals surface area (Å²) in [5.74, 6) is 0.705. The molecule has 1 aliphatic heterocycles. The topological polar surface area (TPSA) is 49.4 Å². The molecule has 3 atom stereocenters. The van der Waals surface area contributed by atoms with E-state index in [9.17, 15) is 9.00 Å². The van der Waals surface area contributed by atoms with E-state index in [1.165, 1.54) is 0 Å². The number of hydrogen-bond donors (Lipinski definition) is 1. The Morgan fingerprint density at radius 2 is 2.12 bits per heavy atom. The Bertz CT molecular complexity index is 296. The van der Waals surface area contributed by atoms with Crippen LogP contribution in [0.2, 0.25) is 0 Å². The van der Waals surface area contributed by atoms with Crippen LogP contribution >= 0.6 is 0 Å².